The topological polar surface area (TPSA) is 12.0 Å². The van der Waals surface area contributed by atoms with Gasteiger partial charge in [0.2, 0.25) is 0 Å². The highest BCUT2D eigenvalue weighted by molar-refractivity contribution is 6.17. The van der Waals surface area contributed by atoms with Crippen molar-refractivity contribution >= 4 is 11.6 Å². The van der Waals surface area contributed by atoms with Crippen molar-refractivity contribution in [2.45, 2.75) is 72.8 Å². The molecule has 0 aliphatic rings. The first-order chi connectivity index (χ1) is 7.95. The molecule has 0 aliphatic heterocycles. The van der Waals surface area contributed by atoms with E-state index in [4.69, 9.17) is 11.6 Å². The van der Waals surface area contributed by atoms with Crippen molar-refractivity contribution in [3.8, 4) is 0 Å². The average molecular weight is 262 g/mol. The largest absolute Gasteiger partial charge is 0.313 e. The Bertz CT molecular complexity index is 174. The molecular formula is C15H32ClN. The SMILES string of the molecule is CCCCC(CC)CNC(CCCl)C(C)(C)C. The van der Waals surface area contributed by atoms with Crippen molar-refractivity contribution in [2.75, 3.05) is 12.4 Å². The monoisotopic (exact) mass is 261 g/mol. The average Bonchev–Trinajstić information content (AvgIpc) is 2.26. The number of halogens is 1. The van der Waals surface area contributed by atoms with Gasteiger partial charge in [-0.15, -0.1) is 11.6 Å². The van der Waals surface area contributed by atoms with Gasteiger partial charge in [0.15, 0.2) is 0 Å². The Hall–Kier alpha value is 0.250. The first-order valence-electron chi connectivity index (χ1n) is 7.25. The number of nitrogens with one attached hydrogen (secondary N) is 1. The Kier molecular flexibility index (Phi) is 9.35. The minimum absolute atomic E-state index is 0.304. The molecule has 0 saturated heterocycles. The molecule has 0 heterocycles. The highest BCUT2D eigenvalue weighted by Crippen LogP contribution is 2.23. The molecule has 1 N–H and O–H groups in total. The fourth-order valence-corrected chi connectivity index (χ4v) is 2.42. The van der Waals surface area contributed by atoms with Crippen molar-refractivity contribution in [3.05, 3.63) is 0 Å². The maximum Gasteiger partial charge on any atom is 0.0238 e. The molecule has 2 atom stereocenters. The molecule has 104 valence electrons. The van der Waals surface area contributed by atoms with Gasteiger partial charge in [-0.3, -0.25) is 0 Å². The Labute approximate surface area is 114 Å². The van der Waals surface area contributed by atoms with Crippen molar-refractivity contribution in [1.29, 1.82) is 0 Å². The normalized spacial score (nSPS) is 15.9. The first kappa shape index (κ1) is 17.2. The van der Waals surface area contributed by atoms with Crippen molar-refractivity contribution in [2.24, 2.45) is 11.3 Å². The number of rotatable bonds is 9. The summed E-state index contributed by atoms with van der Waals surface area (Å²) in [5.41, 5.74) is 0.304. The van der Waals surface area contributed by atoms with Crippen molar-refractivity contribution in [1.82, 2.24) is 5.32 Å². The quantitative estimate of drug-likeness (QED) is 0.586. The molecule has 0 aliphatic carbocycles. The molecule has 0 spiro atoms. The summed E-state index contributed by atoms with van der Waals surface area (Å²) in [6.07, 6.45) is 6.37. The number of hydrogen-bond acceptors (Lipinski definition) is 1. The summed E-state index contributed by atoms with van der Waals surface area (Å²) in [5.74, 6) is 1.58. The number of alkyl halides is 1. The van der Waals surface area contributed by atoms with E-state index < -0.39 is 0 Å². The Balaban J connectivity index is 4.08. The Morgan fingerprint density at radius 2 is 1.76 bits per heavy atom. The highest BCUT2D eigenvalue weighted by atomic mass is 35.5. The molecule has 1 nitrogen and oxygen atoms in total. The fourth-order valence-electron chi connectivity index (χ4n) is 2.20. The maximum absolute atomic E-state index is 5.90. The summed E-state index contributed by atoms with van der Waals surface area (Å²) in [7, 11) is 0. The summed E-state index contributed by atoms with van der Waals surface area (Å²) in [4.78, 5) is 0. The van der Waals surface area contributed by atoms with Crippen LogP contribution in [0.5, 0.6) is 0 Å². The van der Waals surface area contributed by atoms with E-state index in [1.165, 1.54) is 25.7 Å². The summed E-state index contributed by atoms with van der Waals surface area (Å²) in [6, 6.07) is 0.538. The number of hydrogen-bond donors (Lipinski definition) is 1. The molecule has 0 amide bonds. The van der Waals surface area contributed by atoms with Gasteiger partial charge in [0.25, 0.3) is 0 Å². The summed E-state index contributed by atoms with van der Waals surface area (Å²) >= 11 is 5.90. The minimum atomic E-state index is 0.304. The molecule has 0 bridgehead atoms. The van der Waals surface area contributed by atoms with Crippen LogP contribution in [0.25, 0.3) is 0 Å². The molecular weight excluding hydrogens is 230 g/mol. The van der Waals surface area contributed by atoms with Gasteiger partial charge in [-0.25, -0.2) is 0 Å². The molecule has 0 radical (unpaired) electrons. The van der Waals surface area contributed by atoms with Crippen LogP contribution in [0.1, 0.15) is 66.7 Å². The van der Waals surface area contributed by atoms with Gasteiger partial charge in [-0.2, -0.15) is 0 Å². The van der Waals surface area contributed by atoms with Crippen LogP contribution in [0, 0.1) is 11.3 Å². The van der Waals surface area contributed by atoms with E-state index >= 15 is 0 Å². The van der Waals surface area contributed by atoms with Gasteiger partial charge in [0, 0.05) is 11.9 Å². The van der Waals surface area contributed by atoms with Gasteiger partial charge in [0.05, 0.1) is 0 Å². The van der Waals surface area contributed by atoms with E-state index in [0.29, 0.717) is 11.5 Å². The van der Waals surface area contributed by atoms with E-state index in [-0.39, 0.29) is 0 Å². The first-order valence-corrected chi connectivity index (χ1v) is 7.78. The lowest BCUT2D eigenvalue weighted by atomic mass is 9.84. The van der Waals surface area contributed by atoms with E-state index in [1.54, 1.807) is 0 Å². The van der Waals surface area contributed by atoms with Crippen LogP contribution < -0.4 is 5.32 Å². The number of unbranched alkanes of at least 4 members (excludes halogenated alkanes) is 1. The zero-order chi connectivity index (χ0) is 13.3. The molecule has 2 unspecified atom stereocenters. The van der Waals surface area contributed by atoms with Gasteiger partial charge in [-0.05, 0) is 30.7 Å². The standard InChI is InChI=1S/C15H32ClN/c1-6-8-9-13(7-2)12-17-14(10-11-16)15(3,4)5/h13-14,17H,6-12H2,1-5H3. The highest BCUT2D eigenvalue weighted by Gasteiger charge is 2.24. The van der Waals surface area contributed by atoms with Crippen LogP contribution in [-0.2, 0) is 0 Å². The second kappa shape index (κ2) is 9.22. The fraction of sp³-hybridized carbons (Fsp3) is 1.00. The Morgan fingerprint density at radius 1 is 1.12 bits per heavy atom. The van der Waals surface area contributed by atoms with Gasteiger partial charge >= 0.3 is 0 Å². The lowest BCUT2D eigenvalue weighted by molar-refractivity contribution is 0.245. The smallest absolute Gasteiger partial charge is 0.0238 e. The van der Waals surface area contributed by atoms with Gasteiger partial charge in [0.1, 0.15) is 0 Å². The molecule has 0 aromatic carbocycles. The van der Waals surface area contributed by atoms with Crippen LogP contribution in [-0.4, -0.2) is 18.5 Å². The van der Waals surface area contributed by atoms with Crippen LogP contribution in [0.2, 0.25) is 0 Å². The van der Waals surface area contributed by atoms with E-state index in [9.17, 15) is 0 Å². The molecule has 2 heteroatoms. The van der Waals surface area contributed by atoms with Crippen LogP contribution in [0.15, 0.2) is 0 Å². The molecule has 0 fully saturated rings. The van der Waals surface area contributed by atoms with E-state index in [1.807, 2.05) is 0 Å². The van der Waals surface area contributed by atoms with Crippen molar-refractivity contribution in [3.63, 3.8) is 0 Å². The molecule has 0 aromatic rings. The van der Waals surface area contributed by atoms with E-state index in [2.05, 4.69) is 39.9 Å². The second-order valence-corrected chi connectivity index (χ2v) is 6.60. The predicted octanol–water partition coefficient (Wildman–Crippen LogP) is 4.84. The zero-order valence-electron chi connectivity index (χ0n) is 12.5. The predicted molar refractivity (Wildman–Crippen MR) is 79.9 cm³/mol. The third-order valence-electron chi connectivity index (χ3n) is 3.64. The van der Waals surface area contributed by atoms with Gasteiger partial charge in [-0.1, -0.05) is 53.9 Å². The molecule has 0 aromatic heterocycles. The lowest BCUT2D eigenvalue weighted by Gasteiger charge is -2.32. The van der Waals surface area contributed by atoms with Crippen molar-refractivity contribution < 1.29 is 0 Å². The molecule has 0 saturated carbocycles. The third kappa shape index (κ3) is 8.05. The summed E-state index contributed by atoms with van der Waals surface area (Å²) < 4.78 is 0. The van der Waals surface area contributed by atoms with Crippen LogP contribution in [0.3, 0.4) is 0 Å². The zero-order valence-corrected chi connectivity index (χ0v) is 13.2. The Morgan fingerprint density at radius 3 is 2.18 bits per heavy atom. The summed E-state index contributed by atoms with van der Waals surface area (Å²) in [6.45, 7) is 12.6. The third-order valence-corrected chi connectivity index (χ3v) is 3.86. The second-order valence-electron chi connectivity index (χ2n) is 6.22. The summed E-state index contributed by atoms with van der Waals surface area (Å²) in [5, 5.41) is 3.74. The maximum atomic E-state index is 5.90. The van der Waals surface area contributed by atoms with Crippen LogP contribution in [0.4, 0.5) is 0 Å². The molecule has 17 heavy (non-hydrogen) atoms. The van der Waals surface area contributed by atoms with Gasteiger partial charge < -0.3 is 5.32 Å². The van der Waals surface area contributed by atoms with E-state index in [0.717, 1.165) is 24.8 Å². The molecule has 0 rings (SSSR count). The lowest BCUT2D eigenvalue weighted by Crippen LogP contribution is -2.42. The minimum Gasteiger partial charge on any atom is -0.313 e. The van der Waals surface area contributed by atoms with Crippen LogP contribution >= 0.6 is 11.6 Å².